The van der Waals surface area contributed by atoms with Crippen LogP contribution in [0.1, 0.15) is 42.1 Å². The first kappa shape index (κ1) is 14.0. The normalized spacial score (nSPS) is 13.3. The Morgan fingerprint density at radius 1 is 1.19 bits per heavy atom. The van der Waals surface area contributed by atoms with E-state index in [2.05, 4.69) is 37.1 Å². The van der Waals surface area contributed by atoms with Crippen molar-refractivity contribution in [2.45, 2.75) is 46.5 Å². The van der Waals surface area contributed by atoms with Gasteiger partial charge < -0.3 is 5.32 Å². The molecule has 1 aliphatic rings. The largest absolute Gasteiger partial charge is 0.370 e. The highest BCUT2D eigenvalue weighted by Gasteiger charge is 2.20. The third-order valence-corrected chi connectivity index (χ3v) is 3.90. The van der Waals surface area contributed by atoms with Gasteiger partial charge in [-0.2, -0.15) is 0 Å². The van der Waals surface area contributed by atoms with Crippen LogP contribution in [0.5, 0.6) is 0 Å². The van der Waals surface area contributed by atoms with Gasteiger partial charge in [0, 0.05) is 24.0 Å². The van der Waals surface area contributed by atoms with Gasteiger partial charge in [0.15, 0.2) is 5.82 Å². The monoisotopic (exact) mass is 282 g/mol. The van der Waals surface area contributed by atoms with Crippen molar-refractivity contribution in [2.75, 3.05) is 11.9 Å². The smallest absolute Gasteiger partial charge is 0.180 e. The van der Waals surface area contributed by atoms with Crippen molar-refractivity contribution in [3.63, 3.8) is 0 Å². The average molecular weight is 282 g/mol. The van der Waals surface area contributed by atoms with Crippen molar-refractivity contribution in [1.82, 2.24) is 15.0 Å². The van der Waals surface area contributed by atoms with Crippen molar-refractivity contribution in [1.29, 1.82) is 0 Å². The number of aryl methyl sites for hydroxylation is 3. The number of nitrogens with one attached hydrogen (secondary N) is 1. The van der Waals surface area contributed by atoms with Crippen molar-refractivity contribution in [2.24, 2.45) is 0 Å². The molecule has 2 heterocycles. The molecule has 0 spiro atoms. The first-order chi connectivity index (χ1) is 10.2. The lowest BCUT2D eigenvalue weighted by Crippen LogP contribution is -2.08. The van der Waals surface area contributed by atoms with E-state index >= 15 is 0 Å². The minimum absolute atomic E-state index is 0.756. The van der Waals surface area contributed by atoms with Gasteiger partial charge in [0.25, 0.3) is 0 Å². The Bertz CT molecular complexity index is 664. The zero-order chi connectivity index (χ0) is 14.8. The van der Waals surface area contributed by atoms with Crippen LogP contribution in [0.15, 0.2) is 12.3 Å². The lowest BCUT2D eigenvalue weighted by atomic mass is 10.1. The van der Waals surface area contributed by atoms with Gasteiger partial charge in [0.2, 0.25) is 0 Å². The van der Waals surface area contributed by atoms with Gasteiger partial charge in [-0.1, -0.05) is 13.0 Å². The standard InChI is InChI=1S/C17H22N4/c1-4-8-18-16-13-6-5-7-14(13)20-17(21-16)15-12(3)9-11(2)10-19-15/h9-10H,4-8H2,1-3H3,(H,18,20,21). The Labute approximate surface area is 126 Å². The fourth-order valence-corrected chi connectivity index (χ4v) is 2.88. The van der Waals surface area contributed by atoms with E-state index < -0.39 is 0 Å². The van der Waals surface area contributed by atoms with Crippen LogP contribution in [-0.2, 0) is 12.8 Å². The zero-order valence-electron chi connectivity index (χ0n) is 13.0. The molecular weight excluding hydrogens is 260 g/mol. The second-order valence-corrected chi connectivity index (χ2v) is 5.78. The van der Waals surface area contributed by atoms with Crippen molar-refractivity contribution in [3.05, 3.63) is 34.6 Å². The molecule has 110 valence electrons. The number of nitrogens with zero attached hydrogens (tertiary/aromatic N) is 3. The molecule has 0 amide bonds. The molecule has 3 rings (SSSR count). The zero-order valence-corrected chi connectivity index (χ0v) is 13.0. The summed E-state index contributed by atoms with van der Waals surface area (Å²) < 4.78 is 0. The lowest BCUT2D eigenvalue weighted by molar-refractivity contribution is 0.899. The van der Waals surface area contributed by atoms with E-state index in [0.29, 0.717) is 0 Å². The first-order valence-corrected chi connectivity index (χ1v) is 7.76. The Hall–Kier alpha value is -1.97. The summed E-state index contributed by atoms with van der Waals surface area (Å²) in [4.78, 5) is 14.1. The maximum absolute atomic E-state index is 4.77. The van der Waals surface area contributed by atoms with E-state index in [1.165, 1.54) is 23.2 Å². The second-order valence-electron chi connectivity index (χ2n) is 5.78. The molecule has 0 atom stereocenters. The topological polar surface area (TPSA) is 50.7 Å². The molecule has 1 N–H and O–H groups in total. The molecule has 0 aromatic carbocycles. The molecule has 2 aromatic heterocycles. The SMILES string of the molecule is CCCNc1nc(-c2ncc(C)cc2C)nc2c1CCC2. The summed E-state index contributed by atoms with van der Waals surface area (Å²) in [5.74, 6) is 1.77. The van der Waals surface area contributed by atoms with Crippen molar-refractivity contribution < 1.29 is 0 Å². The molecule has 21 heavy (non-hydrogen) atoms. The van der Waals surface area contributed by atoms with Crippen LogP contribution < -0.4 is 5.32 Å². The number of hydrogen-bond acceptors (Lipinski definition) is 4. The summed E-state index contributed by atoms with van der Waals surface area (Å²) in [6.07, 6.45) is 6.29. The number of pyridine rings is 1. The molecule has 0 saturated carbocycles. The fourth-order valence-electron chi connectivity index (χ4n) is 2.88. The van der Waals surface area contributed by atoms with Gasteiger partial charge in [-0.05, 0) is 50.7 Å². The summed E-state index contributed by atoms with van der Waals surface area (Å²) in [6.45, 7) is 7.25. The van der Waals surface area contributed by atoms with Crippen LogP contribution in [0.4, 0.5) is 5.82 Å². The molecule has 2 aromatic rings. The van der Waals surface area contributed by atoms with E-state index in [9.17, 15) is 0 Å². The minimum atomic E-state index is 0.756. The molecule has 0 bridgehead atoms. The van der Waals surface area contributed by atoms with E-state index in [0.717, 1.165) is 48.7 Å². The molecule has 0 fully saturated rings. The van der Waals surface area contributed by atoms with Crippen LogP contribution in [-0.4, -0.2) is 21.5 Å². The highest BCUT2D eigenvalue weighted by atomic mass is 15.0. The summed E-state index contributed by atoms with van der Waals surface area (Å²) in [7, 11) is 0. The third-order valence-electron chi connectivity index (χ3n) is 3.90. The van der Waals surface area contributed by atoms with Gasteiger partial charge in [0.1, 0.15) is 11.5 Å². The second kappa shape index (κ2) is 5.80. The van der Waals surface area contributed by atoms with Gasteiger partial charge >= 0.3 is 0 Å². The number of aromatic nitrogens is 3. The Morgan fingerprint density at radius 2 is 2.05 bits per heavy atom. The van der Waals surface area contributed by atoms with Gasteiger partial charge in [0.05, 0.1) is 0 Å². The number of fused-ring (bicyclic) bond motifs is 1. The molecule has 4 nitrogen and oxygen atoms in total. The fraction of sp³-hybridized carbons (Fsp3) is 0.471. The predicted octanol–water partition coefficient (Wildman–Crippen LogP) is 3.47. The molecule has 0 saturated heterocycles. The predicted molar refractivity (Wildman–Crippen MR) is 85.5 cm³/mol. The number of hydrogen-bond donors (Lipinski definition) is 1. The number of rotatable bonds is 4. The van der Waals surface area contributed by atoms with Gasteiger partial charge in [-0.25, -0.2) is 9.97 Å². The maximum Gasteiger partial charge on any atom is 0.180 e. The molecule has 4 heteroatoms. The first-order valence-electron chi connectivity index (χ1n) is 7.76. The van der Waals surface area contributed by atoms with Crippen LogP contribution in [0.2, 0.25) is 0 Å². The van der Waals surface area contributed by atoms with Crippen molar-refractivity contribution >= 4 is 5.82 Å². The van der Waals surface area contributed by atoms with Crippen LogP contribution in [0.25, 0.3) is 11.5 Å². The molecular formula is C17H22N4. The lowest BCUT2D eigenvalue weighted by Gasteiger charge is -2.12. The summed E-state index contributed by atoms with van der Waals surface area (Å²) in [5, 5.41) is 3.46. The molecule has 1 aliphatic carbocycles. The third kappa shape index (κ3) is 2.75. The highest BCUT2D eigenvalue weighted by Crippen LogP contribution is 2.29. The Morgan fingerprint density at radius 3 is 2.81 bits per heavy atom. The quantitative estimate of drug-likeness (QED) is 0.933. The molecule has 0 radical (unpaired) electrons. The highest BCUT2D eigenvalue weighted by molar-refractivity contribution is 5.60. The Balaban J connectivity index is 2.06. The molecule has 0 unspecified atom stereocenters. The summed E-state index contributed by atoms with van der Waals surface area (Å²) >= 11 is 0. The van der Waals surface area contributed by atoms with E-state index in [4.69, 9.17) is 9.97 Å². The van der Waals surface area contributed by atoms with E-state index in [-0.39, 0.29) is 0 Å². The molecule has 0 aliphatic heterocycles. The maximum atomic E-state index is 4.77. The minimum Gasteiger partial charge on any atom is -0.370 e. The average Bonchev–Trinajstić information content (AvgIpc) is 2.93. The summed E-state index contributed by atoms with van der Waals surface area (Å²) in [5.41, 5.74) is 5.70. The van der Waals surface area contributed by atoms with Crippen molar-refractivity contribution in [3.8, 4) is 11.5 Å². The van der Waals surface area contributed by atoms with E-state index in [1.54, 1.807) is 0 Å². The van der Waals surface area contributed by atoms with Crippen LogP contribution in [0.3, 0.4) is 0 Å². The summed E-state index contributed by atoms with van der Waals surface area (Å²) in [6, 6.07) is 2.14. The van der Waals surface area contributed by atoms with Gasteiger partial charge in [-0.3, -0.25) is 4.98 Å². The number of anilines is 1. The Kier molecular flexibility index (Phi) is 3.86. The van der Waals surface area contributed by atoms with Gasteiger partial charge in [-0.15, -0.1) is 0 Å². The van der Waals surface area contributed by atoms with Crippen LogP contribution in [0, 0.1) is 13.8 Å². The van der Waals surface area contributed by atoms with Crippen LogP contribution >= 0.6 is 0 Å². The van der Waals surface area contributed by atoms with E-state index in [1.807, 2.05) is 6.20 Å².